The van der Waals surface area contributed by atoms with E-state index < -0.39 is 0 Å². The molecule has 2 rings (SSSR count). The van der Waals surface area contributed by atoms with E-state index in [9.17, 15) is 5.11 Å². The first kappa shape index (κ1) is 12.3. The van der Waals surface area contributed by atoms with Gasteiger partial charge in [0.25, 0.3) is 0 Å². The van der Waals surface area contributed by atoms with Crippen LogP contribution in [0, 0.1) is 13.8 Å². The van der Waals surface area contributed by atoms with Gasteiger partial charge < -0.3 is 5.11 Å². The number of aliphatic hydroxyl groups is 1. The quantitative estimate of drug-likeness (QED) is 0.863. The van der Waals surface area contributed by atoms with Gasteiger partial charge in [-0.05, 0) is 49.3 Å². The van der Waals surface area contributed by atoms with E-state index in [1.165, 1.54) is 16.0 Å². The van der Waals surface area contributed by atoms with E-state index in [2.05, 4.69) is 49.6 Å². The fourth-order valence-electron chi connectivity index (χ4n) is 2.01. The van der Waals surface area contributed by atoms with Crippen molar-refractivity contribution >= 4 is 11.3 Å². The Balaban J connectivity index is 2.04. The fourth-order valence-corrected chi connectivity index (χ4v) is 2.73. The maximum atomic E-state index is 10.2. The molecule has 0 aliphatic carbocycles. The molecule has 1 heterocycles. The van der Waals surface area contributed by atoms with Crippen molar-refractivity contribution in [2.24, 2.45) is 0 Å². The second-order valence-electron chi connectivity index (χ2n) is 4.49. The molecule has 0 amide bonds. The fraction of sp³-hybridized carbons (Fsp3) is 0.333. The van der Waals surface area contributed by atoms with Crippen LogP contribution in [0.2, 0.25) is 0 Å². The van der Waals surface area contributed by atoms with Crippen molar-refractivity contribution in [3.8, 4) is 0 Å². The van der Waals surface area contributed by atoms with Gasteiger partial charge in [0.1, 0.15) is 0 Å². The molecule has 1 nitrogen and oxygen atoms in total. The minimum absolute atomic E-state index is 0.350. The number of hydrogen-bond acceptors (Lipinski definition) is 2. The Bertz CT molecular complexity index is 474. The molecule has 0 aliphatic heterocycles. The maximum Gasteiger partial charge on any atom is 0.0796 e. The zero-order valence-corrected chi connectivity index (χ0v) is 11.1. The topological polar surface area (TPSA) is 20.2 Å². The second kappa shape index (κ2) is 5.48. The van der Waals surface area contributed by atoms with Crippen LogP contribution in [-0.4, -0.2) is 5.11 Å². The lowest BCUT2D eigenvalue weighted by atomic mass is 9.98. The standard InChI is InChI=1S/C15H18OS/c1-11-5-6-12(2)14(10-11)15(16)8-7-13-4-3-9-17-13/h3-6,9-10,15-16H,7-8H2,1-2H3. The number of hydrogen-bond donors (Lipinski definition) is 1. The first-order valence-corrected chi connectivity index (χ1v) is 6.82. The van der Waals surface area contributed by atoms with Gasteiger partial charge in [0.05, 0.1) is 6.10 Å². The predicted molar refractivity (Wildman–Crippen MR) is 73.5 cm³/mol. The zero-order chi connectivity index (χ0) is 12.3. The molecule has 1 aromatic carbocycles. The van der Waals surface area contributed by atoms with E-state index in [1.807, 2.05) is 0 Å². The molecule has 0 saturated carbocycles. The maximum absolute atomic E-state index is 10.2. The molecule has 1 aromatic heterocycles. The average molecular weight is 246 g/mol. The molecule has 1 N–H and O–H groups in total. The van der Waals surface area contributed by atoms with E-state index in [4.69, 9.17) is 0 Å². The summed E-state index contributed by atoms with van der Waals surface area (Å²) in [6.45, 7) is 4.12. The number of aliphatic hydroxyl groups excluding tert-OH is 1. The van der Waals surface area contributed by atoms with Crippen molar-refractivity contribution in [1.29, 1.82) is 0 Å². The summed E-state index contributed by atoms with van der Waals surface area (Å²) < 4.78 is 0. The molecule has 1 atom stereocenters. The Hall–Kier alpha value is -1.12. The smallest absolute Gasteiger partial charge is 0.0796 e. The molecule has 90 valence electrons. The predicted octanol–water partition coefficient (Wildman–Crippen LogP) is 4.03. The molecule has 0 radical (unpaired) electrons. The van der Waals surface area contributed by atoms with E-state index in [-0.39, 0.29) is 6.10 Å². The minimum Gasteiger partial charge on any atom is -0.388 e. The normalized spacial score (nSPS) is 12.6. The monoisotopic (exact) mass is 246 g/mol. The number of benzene rings is 1. The van der Waals surface area contributed by atoms with Crippen LogP contribution in [-0.2, 0) is 6.42 Å². The molecule has 17 heavy (non-hydrogen) atoms. The molecule has 0 spiro atoms. The molecular formula is C15H18OS. The SMILES string of the molecule is Cc1ccc(C)c(C(O)CCc2cccs2)c1. The molecular weight excluding hydrogens is 228 g/mol. The van der Waals surface area contributed by atoms with Crippen molar-refractivity contribution in [3.63, 3.8) is 0 Å². The third kappa shape index (κ3) is 3.18. The molecule has 2 heteroatoms. The minimum atomic E-state index is -0.350. The van der Waals surface area contributed by atoms with Crippen LogP contribution in [0.4, 0.5) is 0 Å². The average Bonchev–Trinajstić information content (AvgIpc) is 2.82. The Morgan fingerprint density at radius 3 is 2.76 bits per heavy atom. The molecule has 0 saturated heterocycles. The Kier molecular flexibility index (Phi) is 3.97. The summed E-state index contributed by atoms with van der Waals surface area (Å²) in [6.07, 6.45) is 1.40. The molecule has 1 unspecified atom stereocenters. The molecule has 0 bridgehead atoms. The van der Waals surface area contributed by atoms with Gasteiger partial charge in [-0.2, -0.15) is 0 Å². The van der Waals surface area contributed by atoms with Gasteiger partial charge in [0.15, 0.2) is 0 Å². The van der Waals surface area contributed by atoms with Crippen molar-refractivity contribution in [1.82, 2.24) is 0 Å². The lowest BCUT2D eigenvalue weighted by Crippen LogP contribution is -2.01. The van der Waals surface area contributed by atoms with Gasteiger partial charge >= 0.3 is 0 Å². The van der Waals surface area contributed by atoms with Gasteiger partial charge in [-0.3, -0.25) is 0 Å². The highest BCUT2D eigenvalue weighted by molar-refractivity contribution is 7.09. The Morgan fingerprint density at radius 1 is 1.24 bits per heavy atom. The first-order valence-electron chi connectivity index (χ1n) is 5.94. The summed E-state index contributed by atoms with van der Waals surface area (Å²) in [5.74, 6) is 0. The van der Waals surface area contributed by atoms with Crippen LogP contribution in [0.5, 0.6) is 0 Å². The van der Waals surface area contributed by atoms with Crippen LogP contribution in [0.3, 0.4) is 0 Å². The molecule has 2 aromatic rings. The third-order valence-corrected chi connectivity index (χ3v) is 3.97. The van der Waals surface area contributed by atoms with Crippen molar-refractivity contribution in [3.05, 3.63) is 57.3 Å². The van der Waals surface area contributed by atoms with E-state index >= 15 is 0 Å². The molecule has 0 aliphatic rings. The van der Waals surface area contributed by atoms with Crippen molar-refractivity contribution in [2.75, 3.05) is 0 Å². The van der Waals surface area contributed by atoms with Crippen LogP contribution < -0.4 is 0 Å². The van der Waals surface area contributed by atoms with E-state index in [0.29, 0.717) is 0 Å². The Morgan fingerprint density at radius 2 is 2.06 bits per heavy atom. The highest BCUT2D eigenvalue weighted by atomic mass is 32.1. The van der Waals surface area contributed by atoms with Gasteiger partial charge in [0.2, 0.25) is 0 Å². The van der Waals surface area contributed by atoms with Crippen LogP contribution in [0.25, 0.3) is 0 Å². The van der Waals surface area contributed by atoms with Gasteiger partial charge in [-0.15, -0.1) is 11.3 Å². The summed E-state index contributed by atoms with van der Waals surface area (Å²) >= 11 is 1.76. The summed E-state index contributed by atoms with van der Waals surface area (Å²) in [5, 5.41) is 12.3. The lowest BCUT2D eigenvalue weighted by molar-refractivity contribution is 0.167. The Labute approximate surface area is 107 Å². The number of thiophene rings is 1. The van der Waals surface area contributed by atoms with Crippen molar-refractivity contribution < 1.29 is 5.11 Å². The van der Waals surface area contributed by atoms with Gasteiger partial charge in [-0.25, -0.2) is 0 Å². The lowest BCUT2D eigenvalue weighted by Gasteiger charge is -2.14. The van der Waals surface area contributed by atoms with Crippen LogP contribution in [0.15, 0.2) is 35.7 Å². The summed E-state index contributed by atoms with van der Waals surface area (Å²) in [7, 11) is 0. The highest BCUT2D eigenvalue weighted by Gasteiger charge is 2.10. The molecule has 0 fully saturated rings. The largest absolute Gasteiger partial charge is 0.388 e. The van der Waals surface area contributed by atoms with Crippen LogP contribution in [0.1, 0.15) is 34.1 Å². The first-order chi connectivity index (χ1) is 8.16. The highest BCUT2D eigenvalue weighted by Crippen LogP contribution is 2.24. The summed E-state index contributed by atoms with van der Waals surface area (Å²) in [4.78, 5) is 1.34. The number of aryl methyl sites for hydroxylation is 3. The second-order valence-corrected chi connectivity index (χ2v) is 5.53. The third-order valence-electron chi connectivity index (χ3n) is 3.04. The number of rotatable bonds is 4. The van der Waals surface area contributed by atoms with Gasteiger partial charge in [0, 0.05) is 4.88 Å². The zero-order valence-electron chi connectivity index (χ0n) is 10.3. The van der Waals surface area contributed by atoms with E-state index in [0.717, 1.165) is 18.4 Å². The summed E-state index contributed by atoms with van der Waals surface area (Å²) in [6, 6.07) is 10.4. The van der Waals surface area contributed by atoms with Gasteiger partial charge in [-0.1, -0.05) is 29.8 Å². The van der Waals surface area contributed by atoms with Crippen LogP contribution >= 0.6 is 11.3 Å². The summed E-state index contributed by atoms with van der Waals surface area (Å²) in [5.41, 5.74) is 3.46. The van der Waals surface area contributed by atoms with Crippen molar-refractivity contribution in [2.45, 2.75) is 32.8 Å². The van der Waals surface area contributed by atoms with E-state index in [1.54, 1.807) is 11.3 Å².